The van der Waals surface area contributed by atoms with Crippen LogP contribution in [0.4, 0.5) is 10.2 Å². The highest BCUT2D eigenvalue weighted by Crippen LogP contribution is 2.14. The number of carboxylic acid groups (broad SMARTS) is 1. The number of carbonyl (C=O) groups is 1. The van der Waals surface area contributed by atoms with Gasteiger partial charge in [-0.05, 0) is 39.5 Å². The van der Waals surface area contributed by atoms with Gasteiger partial charge >= 0.3 is 5.97 Å². The minimum atomic E-state index is -1.29. The lowest BCUT2D eigenvalue weighted by Crippen LogP contribution is -2.15. The smallest absolute Gasteiger partial charge is 0.338 e. The van der Waals surface area contributed by atoms with Crippen LogP contribution in [0, 0.1) is 5.82 Å². The molecule has 0 fully saturated rings. The number of rotatable bonds is 7. The Morgan fingerprint density at radius 2 is 2.22 bits per heavy atom. The number of aromatic nitrogens is 1. The van der Waals surface area contributed by atoms with Gasteiger partial charge in [0.15, 0.2) is 11.6 Å². The average molecular weight is 255 g/mol. The van der Waals surface area contributed by atoms with Crippen molar-refractivity contribution in [3.63, 3.8) is 0 Å². The Morgan fingerprint density at radius 1 is 1.50 bits per heavy atom. The van der Waals surface area contributed by atoms with Gasteiger partial charge in [-0.2, -0.15) is 0 Å². The quantitative estimate of drug-likeness (QED) is 0.726. The molecule has 1 rings (SSSR count). The second kappa shape index (κ2) is 6.90. The van der Waals surface area contributed by atoms with Crippen LogP contribution >= 0.6 is 0 Å². The highest BCUT2D eigenvalue weighted by atomic mass is 19.1. The number of nitrogens with one attached hydrogen (secondary N) is 1. The van der Waals surface area contributed by atoms with E-state index in [0.717, 1.165) is 25.5 Å². The normalized spacial score (nSPS) is 10.7. The molecule has 1 aromatic rings. The summed E-state index contributed by atoms with van der Waals surface area (Å²) in [5.41, 5.74) is -0.360. The standard InChI is InChI=1S/C12H18FN3O2/c1-16(2)8-4-3-6-14-11-10(13)9(12(17)18)5-7-15-11/h5,7H,3-4,6,8H2,1-2H3,(H,14,15)(H,17,18). The van der Waals surface area contributed by atoms with Crippen molar-refractivity contribution in [3.05, 3.63) is 23.6 Å². The van der Waals surface area contributed by atoms with Gasteiger partial charge in [0.25, 0.3) is 0 Å². The second-order valence-corrected chi connectivity index (χ2v) is 4.26. The average Bonchev–Trinajstić information content (AvgIpc) is 2.30. The first-order valence-corrected chi connectivity index (χ1v) is 5.78. The molecule has 6 heteroatoms. The first-order chi connectivity index (χ1) is 8.52. The van der Waals surface area contributed by atoms with Crippen LogP contribution in [0.5, 0.6) is 0 Å². The third-order valence-electron chi connectivity index (χ3n) is 2.44. The van der Waals surface area contributed by atoms with E-state index in [1.807, 2.05) is 14.1 Å². The first kappa shape index (κ1) is 14.4. The fourth-order valence-corrected chi connectivity index (χ4v) is 1.49. The Bertz CT molecular complexity index is 410. The molecule has 0 aromatic carbocycles. The van der Waals surface area contributed by atoms with Crippen molar-refractivity contribution in [3.8, 4) is 0 Å². The summed E-state index contributed by atoms with van der Waals surface area (Å²) in [4.78, 5) is 16.6. The van der Waals surface area contributed by atoms with Crippen LogP contribution in [0.25, 0.3) is 0 Å². The van der Waals surface area contributed by atoms with E-state index >= 15 is 0 Å². The van der Waals surface area contributed by atoms with E-state index in [4.69, 9.17) is 5.11 Å². The van der Waals surface area contributed by atoms with Gasteiger partial charge in [0.2, 0.25) is 0 Å². The molecule has 0 aliphatic carbocycles. The molecule has 0 radical (unpaired) electrons. The van der Waals surface area contributed by atoms with E-state index in [1.54, 1.807) is 0 Å². The summed E-state index contributed by atoms with van der Waals surface area (Å²) in [5.74, 6) is -2.09. The van der Waals surface area contributed by atoms with Crippen LogP contribution in [0.15, 0.2) is 12.3 Å². The molecule has 0 atom stereocenters. The summed E-state index contributed by atoms with van der Waals surface area (Å²) < 4.78 is 13.6. The third kappa shape index (κ3) is 4.29. The Labute approximate surface area is 106 Å². The minimum Gasteiger partial charge on any atom is -0.478 e. The van der Waals surface area contributed by atoms with Crippen LogP contribution in [-0.4, -0.2) is 48.1 Å². The Hall–Kier alpha value is -1.69. The summed E-state index contributed by atoms with van der Waals surface area (Å²) in [6.07, 6.45) is 3.14. The van der Waals surface area contributed by atoms with E-state index in [9.17, 15) is 9.18 Å². The van der Waals surface area contributed by atoms with Crippen LogP contribution in [0.2, 0.25) is 0 Å². The summed E-state index contributed by atoms with van der Waals surface area (Å²) in [7, 11) is 3.98. The van der Waals surface area contributed by atoms with E-state index in [2.05, 4.69) is 15.2 Å². The number of pyridine rings is 1. The van der Waals surface area contributed by atoms with E-state index in [1.165, 1.54) is 6.20 Å². The summed E-state index contributed by atoms with van der Waals surface area (Å²) in [5, 5.41) is 11.6. The highest BCUT2D eigenvalue weighted by molar-refractivity contribution is 5.88. The molecule has 0 bridgehead atoms. The van der Waals surface area contributed by atoms with Gasteiger partial charge in [0.1, 0.15) is 5.56 Å². The number of nitrogens with zero attached hydrogens (tertiary/aromatic N) is 2. The van der Waals surface area contributed by atoms with Crippen molar-refractivity contribution < 1.29 is 14.3 Å². The van der Waals surface area contributed by atoms with Crippen molar-refractivity contribution >= 4 is 11.8 Å². The van der Waals surface area contributed by atoms with Gasteiger partial charge in [0.05, 0.1) is 0 Å². The summed E-state index contributed by atoms with van der Waals surface area (Å²) in [6, 6.07) is 1.15. The lowest BCUT2D eigenvalue weighted by atomic mass is 10.2. The van der Waals surface area contributed by atoms with Gasteiger partial charge in [-0.1, -0.05) is 0 Å². The lowest BCUT2D eigenvalue weighted by Gasteiger charge is -2.10. The molecule has 100 valence electrons. The molecule has 0 saturated heterocycles. The van der Waals surface area contributed by atoms with Gasteiger partial charge in [-0.3, -0.25) is 0 Å². The van der Waals surface area contributed by atoms with Crippen LogP contribution < -0.4 is 5.32 Å². The number of carboxylic acids is 1. The Morgan fingerprint density at radius 3 is 2.83 bits per heavy atom. The maximum Gasteiger partial charge on any atom is 0.338 e. The van der Waals surface area contributed by atoms with Crippen LogP contribution in [0.3, 0.4) is 0 Å². The maximum atomic E-state index is 13.6. The van der Waals surface area contributed by atoms with Gasteiger partial charge in [-0.25, -0.2) is 14.2 Å². The second-order valence-electron chi connectivity index (χ2n) is 4.26. The largest absolute Gasteiger partial charge is 0.478 e. The third-order valence-corrected chi connectivity index (χ3v) is 2.44. The molecule has 5 nitrogen and oxygen atoms in total. The predicted octanol–water partition coefficient (Wildman–Crippen LogP) is 1.67. The zero-order chi connectivity index (χ0) is 13.5. The highest BCUT2D eigenvalue weighted by Gasteiger charge is 2.14. The molecular formula is C12H18FN3O2. The molecule has 1 heterocycles. The molecule has 18 heavy (non-hydrogen) atoms. The molecule has 0 aliphatic heterocycles. The number of unbranched alkanes of at least 4 members (excludes halogenated alkanes) is 1. The Balaban J connectivity index is 2.48. The summed E-state index contributed by atoms with van der Waals surface area (Å²) >= 11 is 0. The first-order valence-electron chi connectivity index (χ1n) is 5.78. The molecule has 0 aliphatic rings. The van der Waals surface area contributed by atoms with Crippen LogP contribution in [0.1, 0.15) is 23.2 Å². The number of aromatic carboxylic acids is 1. The van der Waals surface area contributed by atoms with Crippen molar-refractivity contribution in [1.82, 2.24) is 9.88 Å². The topological polar surface area (TPSA) is 65.5 Å². The SMILES string of the molecule is CN(C)CCCCNc1nccc(C(=O)O)c1F. The van der Waals surface area contributed by atoms with Gasteiger partial charge in [0, 0.05) is 12.7 Å². The molecule has 2 N–H and O–H groups in total. The minimum absolute atomic E-state index is 0.000229. The van der Waals surface area contributed by atoms with E-state index in [0.29, 0.717) is 6.54 Å². The fourth-order valence-electron chi connectivity index (χ4n) is 1.49. The molecule has 0 saturated carbocycles. The van der Waals surface area contributed by atoms with E-state index < -0.39 is 11.8 Å². The van der Waals surface area contributed by atoms with Crippen molar-refractivity contribution in [2.45, 2.75) is 12.8 Å². The molecule has 0 spiro atoms. The van der Waals surface area contributed by atoms with Gasteiger partial charge < -0.3 is 15.3 Å². The fraction of sp³-hybridized carbons (Fsp3) is 0.500. The summed E-state index contributed by atoms with van der Waals surface area (Å²) in [6.45, 7) is 1.54. The van der Waals surface area contributed by atoms with Gasteiger partial charge in [-0.15, -0.1) is 0 Å². The molecule has 0 amide bonds. The number of hydrogen-bond donors (Lipinski definition) is 2. The van der Waals surface area contributed by atoms with Crippen LogP contribution in [-0.2, 0) is 0 Å². The predicted molar refractivity (Wildman–Crippen MR) is 67.4 cm³/mol. The lowest BCUT2D eigenvalue weighted by molar-refractivity contribution is 0.0692. The number of hydrogen-bond acceptors (Lipinski definition) is 4. The van der Waals surface area contributed by atoms with Crippen molar-refractivity contribution in [2.75, 3.05) is 32.5 Å². The number of anilines is 1. The zero-order valence-corrected chi connectivity index (χ0v) is 10.6. The zero-order valence-electron chi connectivity index (χ0n) is 10.6. The molecular weight excluding hydrogens is 237 g/mol. The maximum absolute atomic E-state index is 13.6. The van der Waals surface area contributed by atoms with Crippen molar-refractivity contribution in [1.29, 1.82) is 0 Å². The van der Waals surface area contributed by atoms with Crippen molar-refractivity contribution in [2.24, 2.45) is 0 Å². The number of halogens is 1. The molecule has 0 unspecified atom stereocenters. The molecule has 1 aromatic heterocycles. The Kier molecular flexibility index (Phi) is 5.51. The monoisotopic (exact) mass is 255 g/mol. The van der Waals surface area contributed by atoms with E-state index in [-0.39, 0.29) is 11.4 Å².